The smallest absolute Gasteiger partial charge is 0.307 e. The zero-order valence-electron chi connectivity index (χ0n) is 52.5. The fraction of sp³-hybridized carbons (Fsp3) is 0.531. The predicted molar refractivity (Wildman–Crippen MR) is 341 cm³/mol. The zero-order chi connectivity index (χ0) is 63.6. The zero-order valence-corrected chi connectivity index (χ0v) is 55.0. The van der Waals surface area contributed by atoms with E-state index in [9.17, 15) is 39.6 Å². The van der Waals surface area contributed by atoms with E-state index < -0.39 is 48.2 Å². The van der Waals surface area contributed by atoms with Crippen LogP contribution in [0.15, 0.2) is 51.5 Å². The minimum atomic E-state index is -4.39. The standard InChI is InChI=1S/C64H81N15O9S3/c1-7-74(2)33-41-27-56(68-76(41)4)89(83,84)72-64(82)67-61-48-19-11-15-39(48)26-53-49(21-23-51(53)61)54-30-55(54)75(3)34-42-28-57(69-77(42)5)90(85,86)73-63(81)66-60-47-18-10-14-38(47)25-52-44(20-22-50(52)60)40-31-79(32-40)35-43-29-58(70-78(43)6)91(87,88)71-62(80)65-59-45-16-8-12-36(45)24-37-13-9-17-46(37)59/h24-29,40,44,49,54-55H,7-23,30-35H2,1-6H3,(H2,65,71,80)(H2,66,73,81)(H2,67,72,82). The van der Waals surface area contributed by atoms with Crippen LogP contribution in [-0.2, 0) is 135 Å². The molecular weight excluding hydrogens is 1220 g/mol. The monoisotopic (exact) mass is 1300 g/mol. The van der Waals surface area contributed by atoms with Crippen LogP contribution in [0.2, 0.25) is 0 Å². The van der Waals surface area contributed by atoms with Crippen molar-refractivity contribution in [2.24, 2.45) is 33.0 Å². The molecule has 1 saturated heterocycles. The fourth-order valence-corrected chi connectivity index (χ4v) is 19.0. The predicted octanol–water partition coefficient (Wildman–Crippen LogP) is 6.54. The van der Waals surface area contributed by atoms with Crippen molar-refractivity contribution in [2.75, 3.05) is 49.7 Å². The topological polar surface area (TPSA) is 289 Å². The maximum absolute atomic E-state index is 14.0. The summed E-state index contributed by atoms with van der Waals surface area (Å²) in [5, 5.41) is 21.2. The Morgan fingerprint density at radius 2 is 0.901 bits per heavy atom. The van der Waals surface area contributed by atoms with Gasteiger partial charge in [0.05, 0.1) is 17.1 Å². The lowest BCUT2D eigenvalue weighted by molar-refractivity contribution is 0.0706. The van der Waals surface area contributed by atoms with Crippen LogP contribution in [0.3, 0.4) is 0 Å². The first-order chi connectivity index (χ1) is 43.5. The van der Waals surface area contributed by atoms with Gasteiger partial charge in [-0.05, 0) is 220 Å². The molecule has 91 heavy (non-hydrogen) atoms. The van der Waals surface area contributed by atoms with Crippen molar-refractivity contribution < 1.29 is 39.6 Å². The molecule has 7 aliphatic carbocycles. The molecule has 4 unspecified atom stereocenters. The van der Waals surface area contributed by atoms with Crippen LogP contribution < -0.4 is 30.1 Å². The number of carbonyl (C=O) groups is 3. The lowest BCUT2D eigenvalue weighted by Gasteiger charge is -2.43. The van der Waals surface area contributed by atoms with E-state index >= 15 is 0 Å². The highest BCUT2D eigenvalue weighted by molar-refractivity contribution is 7.90. The van der Waals surface area contributed by atoms with Gasteiger partial charge in [-0.2, -0.15) is 40.5 Å². The largest absolute Gasteiger partial charge is 0.333 e. The Hall–Kier alpha value is -7.17. The molecule has 27 heteroatoms. The number of hydrogen-bond donors (Lipinski definition) is 6. The molecule has 2 fully saturated rings. The van der Waals surface area contributed by atoms with E-state index in [0.717, 1.165) is 168 Å². The van der Waals surface area contributed by atoms with Crippen molar-refractivity contribution in [1.29, 1.82) is 0 Å². The number of likely N-dealkylation sites (tertiary alicyclic amines) is 1. The van der Waals surface area contributed by atoms with Crippen molar-refractivity contribution >= 4 is 65.2 Å². The van der Waals surface area contributed by atoms with Gasteiger partial charge in [-0.3, -0.25) is 23.8 Å². The second-order valence-electron chi connectivity index (χ2n) is 26.8. The summed E-state index contributed by atoms with van der Waals surface area (Å²) < 4.78 is 93.4. The second-order valence-corrected chi connectivity index (χ2v) is 31.7. The summed E-state index contributed by atoms with van der Waals surface area (Å²) in [5.74, 6) is 1.08. The fourth-order valence-electron chi connectivity index (χ4n) is 16.3. The van der Waals surface area contributed by atoms with Gasteiger partial charge in [0, 0.05) is 95.2 Å². The Bertz CT molecular complexity index is 4330. The summed E-state index contributed by atoms with van der Waals surface area (Å²) in [6.45, 7) is 5.72. The normalized spacial score (nSPS) is 20.7. The van der Waals surface area contributed by atoms with E-state index in [2.05, 4.69) is 73.4 Å². The van der Waals surface area contributed by atoms with Gasteiger partial charge in [0.1, 0.15) is 0 Å². The van der Waals surface area contributed by atoms with E-state index in [4.69, 9.17) is 0 Å². The van der Waals surface area contributed by atoms with Gasteiger partial charge in [0.25, 0.3) is 30.1 Å². The van der Waals surface area contributed by atoms with Gasteiger partial charge >= 0.3 is 18.1 Å². The molecule has 4 atom stereocenters. The number of hydrogen-bond acceptors (Lipinski definition) is 15. The van der Waals surface area contributed by atoms with Gasteiger partial charge in [-0.25, -0.2) is 28.5 Å². The highest BCUT2D eigenvalue weighted by Crippen LogP contribution is 2.55. The summed E-state index contributed by atoms with van der Waals surface area (Å²) >= 11 is 0. The molecule has 4 heterocycles. The number of anilines is 3. The molecule has 0 bridgehead atoms. The van der Waals surface area contributed by atoms with Crippen molar-refractivity contribution in [3.05, 3.63) is 120 Å². The third kappa shape index (κ3) is 11.6. The molecule has 3 aromatic heterocycles. The van der Waals surface area contributed by atoms with Crippen LogP contribution in [-0.4, -0.2) is 127 Å². The number of sulfonamides is 3. The molecule has 24 nitrogen and oxygen atoms in total. The molecule has 0 radical (unpaired) electrons. The van der Waals surface area contributed by atoms with E-state index in [1.807, 2.05) is 25.9 Å². The minimum absolute atomic E-state index is 0.200. The van der Waals surface area contributed by atoms with E-state index in [1.54, 1.807) is 30.5 Å². The Morgan fingerprint density at radius 1 is 0.505 bits per heavy atom. The number of carbonyl (C=O) groups excluding carboxylic acids is 3. The maximum atomic E-state index is 14.0. The summed E-state index contributed by atoms with van der Waals surface area (Å²) in [5.41, 5.74) is 17.9. The molecule has 3 aromatic carbocycles. The highest BCUT2D eigenvalue weighted by atomic mass is 32.2. The first-order valence-corrected chi connectivity index (χ1v) is 36.7. The number of nitrogens with zero attached hydrogens (tertiary/aromatic N) is 9. The third-order valence-corrected chi connectivity index (χ3v) is 24.7. The molecular formula is C64H81N15O9S3. The number of fused-ring (bicyclic) bond motifs is 6. The molecule has 0 spiro atoms. The Morgan fingerprint density at radius 3 is 1.36 bits per heavy atom. The quantitative estimate of drug-likeness (QED) is 0.0502. The van der Waals surface area contributed by atoms with E-state index in [1.165, 1.54) is 56.3 Å². The molecule has 8 aliphatic rings. The van der Waals surface area contributed by atoms with E-state index in [0.29, 0.717) is 59.9 Å². The van der Waals surface area contributed by atoms with Crippen molar-refractivity contribution in [1.82, 2.24) is 58.2 Å². The van der Waals surface area contributed by atoms with Gasteiger partial charge in [-0.1, -0.05) is 25.1 Å². The summed E-state index contributed by atoms with van der Waals surface area (Å²) in [7, 11) is -3.86. The van der Waals surface area contributed by atoms with Crippen LogP contribution >= 0.6 is 0 Å². The summed E-state index contributed by atoms with van der Waals surface area (Å²) in [6, 6.07) is 9.16. The maximum Gasteiger partial charge on any atom is 0.333 e. The van der Waals surface area contributed by atoms with Crippen LogP contribution in [0.4, 0.5) is 31.4 Å². The number of benzene rings is 3. The first kappa shape index (κ1) is 61.3. The van der Waals surface area contributed by atoms with Gasteiger partial charge in [-0.15, -0.1) is 0 Å². The van der Waals surface area contributed by atoms with E-state index in [-0.39, 0.29) is 33.0 Å². The average molecular weight is 1300 g/mol. The van der Waals surface area contributed by atoms with Crippen LogP contribution in [0.5, 0.6) is 0 Å². The van der Waals surface area contributed by atoms with Crippen LogP contribution in [0.25, 0.3) is 0 Å². The van der Waals surface area contributed by atoms with Crippen LogP contribution in [0.1, 0.15) is 148 Å². The molecule has 1 aliphatic heterocycles. The molecule has 14 rings (SSSR count). The second kappa shape index (κ2) is 23.4. The van der Waals surface area contributed by atoms with Gasteiger partial charge in [0.2, 0.25) is 0 Å². The summed E-state index contributed by atoms with van der Waals surface area (Å²) in [6.07, 6.45) is 15.0. The lowest BCUT2D eigenvalue weighted by Crippen LogP contribution is -2.48. The third-order valence-electron chi connectivity index (χ3n) is 21.1. The highest BCUT2D eigenvalue weighted by Gasteiger charge is 2.49. The van der Waals surface area contributed by atoms with Crippen molar-refractivity contribution in [3.8, 4) is 0 Å². The number of amides is 6. The number of nitrogens with one attached hydrogen (secondary N) is 6. The van der Waals surface area contributed by atoms with Crippen LogP contribution in [0, 0.1) is 11.8 Å². The molecule has 6 aromatic rings. The van der Waals surface area contributed by atoms with Crippen molar-refractivity contribution in [3.63, 3.8) is 0 Å². The Balaban J connectivity index is 0.582. The average Bonchev–Trinajstić information content (AvgIpc) is 1.63. The Kier molecular flexibility index (Phi) is 15.8. The van der Waals surface area contributed by atoms with Crippen molar-refractivity contribution in [2.45, 2.75) is 169 Å². The minimum Gasteiger partial charge on any atom is -0.307 e. The first-order valence-electron chi connectivity index (χ1n) is 32.2. The number of aromatic nitrogens is 6. The Labute approximate surface area is 531 Å². The van der Waals surface area contributed by atoms with Gasteiger partial charge < -0.3 is 20.9 Å². The summed E-state index contributed by atoms with van der Waals surface area (Å²) in [4.78, 5) is 47.3. The molecule has 6 N–H and O–H groups in total. The molecule has 484 valence electrons. The molecule has 1 saturated carbocycles. The lowest BCUT2D eigenvalue weighted by atomic mass is 9.81. The SMILES string of the molecule is CCN(C)Cc1cc(S(=O)(=O)NC(=O)Nc2c3c(cc4c2CCC4C2CC2N(C)Cc2cc(S(=O)(=O)NC(=O)Nc4c5c(cc6c4CCC6C4CN(Cc6cc(S(=O)(=O)NC(=O)Nc7c8c(cc9c7CCC9)CCC8)nn6C)C4)CCC5)nn2C)CCC3)nn1C. The number of urea groups is 3. The van der Waals surface area contributed by atoms with Gasteiger partial charge in [0.15, 0.2) is 15.1 Å². The number of rotatable bonds is 19. The molecule has 6 amide bonds. The number of aryl methyl sites for hydroxylation is 7.